The standard InChI is InChI=1S/C12H24N2O2/c1-10(2)8-14(11(3,4)7-13-10)12(5,6)9(15)16/h13H,7-8H2,1-6H3,(H,15,16)/i15+2,16+2. The number of aliphatic carboxylic acids is 1. The first kappa shape index (κ1) is 13.5. The highest BCUT2D eigenvalue weighted by Crippen LogP contribution is 2.31. The lowest BCUT2D eigenvalue weighted by Crippen LogP contribution is -2.72. The molecular weight excluding hydrogens is 208 g/mol. The van der Waals surface area contributed by atoms with Crippen molar-refractivity contribution >= 4 is 5.97 Å². The van der Waals surface area contributed by atoms with Crippen molar-refractivity contribution in [3.05, 3.63) is 0 Å². The zero-order valence-corrected chi connectivity index (χ0v) is 11.2. The summed E-state index contributed by atoms with van der Waals surface area (Å²) in [6.45, 7) is 13.5. The maximum atomic E-state index is 11.4. The van der Waals surface area contributed by atoms with Crippen LogP contribution in [0.2, 0.25) is 0 Å². The number of carboxylic acids is 1. The molecule has 2 N–H and O–H groups in total. The Bertz CT molecular complexity index is 295. The number of nitrogens with zero attached hydrogens (tertiary/aromatic N) is 1. The number of piperazine rings is 1. The van der Waals surface area contributed by atoms with Gasteiger partial charge in [-0.25, -0.2) is 0 Å². The topological polar surface area (TPSA) is 52.6 Å². The molecule has 4 heteroatoms. The van der Waals surface area contributed by atoms with E-state index in [0.29, 0.717) is 0 Å². The molecule has 1 rings (SSSR count). The molecule has 1 aliphatic heterocycles. The van der Waals surface area contributed by atoms with Gasteiger partial charge in [0, 0.05) is 24.2 Å². The van der Waals surface area contributed by atoms with Gasteiger partial charge in [0.05, 0.1) is 0 Å². The summed E-state index contributed by atoms with van der Waals surface area (Å²) >= 11 is 0. The third kappa shape index (κ3) is 2.38. The van der Waals surface area contributed by atoms with Crippen molar-refractivity contribution in [3.63, 3.8) is 0 Å². The van der Waals surface area contributed by atoms with Crippen LogP contribution in [-0.4, -0.2) is 45.7 Å². The normalized spacial score (nSPS) is 25.4. The second-order valence-electron chi connectivity index (χ2n) is 6.50. The van der Waals surface area contributed by atoms with Crippen molar-refractivity contribution in [2.24, 2.45) is 0 Å². The Balaban J connectivity index is 3.03. The SMILES string of the molecule is CC1(C)CN(C(C)(C)C(=[18O])[18OH])C(C)(C)CN1. The molecule has 0 atom stereocenters. The van der Waals surface area contributed by atoms with Crippen LogP contribution in [0, 0.1) is 0 Å². The molecule has 0 bridgehead atoms. The average Bonchev–Trinajstić information content (AvgIpc) is 2.09. The van der Waals surface area contributed by atoms with E-state index in [4.69, 9.17) is 0 Å². The molecule has 0 spiro atoms. The molecule has 4 nitrogen and oxygen atoms in total. The highest BCUT2D eigenvalue weighted by atomic mass is 18.2. The average molecular weight is 232 g/mol. The van der Waals surface area contributed by atoms with Gasteiger partial charge in [-0.3, -0.25) is 9.69 Å². The lowest BCUT2D eigenvalue weighted by Gasteiger charge is -2.54. The molecule has 0 radical (unpaired) electrons. The molecule has 1 heterocycles. The summed E-state index contributed by atoms with van der Waals surface area (Å²) in [6, 6.07) is 0. The minimum Gasteiger partial charge on any atom is -0.480 e. The van der Waals surface area contributed by atoms with Gasteiger partial charge in [-0.2, -0.15) is 0 Å². The molecule has 0 aromatic carbocycles. The molecule has 0 saturated carbocycles. The van der Waals surface area contributed by atoms with Gasteiger partial charge in [-0.05, 0) is 41.5 Å². The molecular formula is C12H24N2O2. The molecule has 1 fully saturated rings. The largest absolute Gasteiger partial charge is 0.480 e. The van der Waals surface area contributed by atoms with Crippen molar-refractivity contribution in [1.29, 1.82) is 0 Å². The predicted octanol–water partition coefficient (Wildman–Crippen LogP) is 1.31. The Morgan fingerprint density at radius 3 is 2.25 bits per heavy atom. The van der Waals surface area contributed by atoms with E-state index >= 15 is 0 Å². The Labute approximate surface area is 98.0 Å². The highest BCUT2D eigenvalue weighted by Gasteiger charge is 2.47. The zero-order valence-electron chi connectivity index (χ0n) is 11.2. The molecule has 0 aromatic heterocycles. The molecule has 16 heavy (non-hydrogen) atoms. The highest BCUT2D eigenvalue weighted by molar-refractivity contribution is 5.77. The summed E-state index contributed by atoms with van der Waals surface area (Å²) in [7, 11) is 0. The first-order chi connectivity index (χ1) is 6.99. The fraction of sp³-hybridized carbons (Fsp3) is 0.917. The van der Waals surface area contributed by atoms with Crippen LogP contribution in [0.3, 0.4) is 0 Å². The van der Waals surface area contributed by atoms with Gasteiger partial charge < -0.3 is 10.4 Å². The summed E-state index contributed by atoms with van der Waals surface area (Å²) in [5.74, 6) is -0.765. The van der Waals surface area contributed by atoms with Crippen LogP contribution in [0.15, 0.2) is 0 Å². The summed E-state index contributed by atoms with van der Waals surface area (Å²) in [5.41, 5.74) is -1.01. The van der Waals surface area contributed by atoms with Crippen molar-refractivity contribution < 1.29 is 9.90 Å². The van der Waals surface area contributed by atoms with Gasteiger partial charge in [-0.15, -0.1) is 0 Å². The summed E-state index contributed by atoms with van der Waals surface area (Å²) < 4.78 is 0. The van der Waals surface area contributed by atoms with Crippen LogP contribution < -0.4 is 5.32 Å². The van der Waals surface area contributed by atoms with E-state index in [1.54, 1.807) is 13.8 Å². The smallest absolute Gasteiger partial charge is 0.323 e. The maximum absolute atomic E-state index is 11.4. The quantitative estimate of drug-likeness (QED) is 0.705. The van der Waals surface area contributed by atoms with E-state index in [2.05, 4.69) is 37.9 Å². The maximum Gasteiger partial charge on any atom is 0.323 e. The third-order valence-corrected chi connectivity index (χ3v) is 3.48. The summed E-state index contributed by atoms with van der Waals surface area (Å²) in [5, 5.41) is 12.8. The summed E-state index contributed by atoms with van der Waals surface area (Å²) in [4.78, 5) is 13.4. The van der Waals surface area contributed by atoms with Gasteiger partial charge >= 0.3 is 5.97 Å². The molecule has 94 valence electrons. The van der Waals surface area contributed by atoms with Crippen LogP contribution in [0.25, 0.3) is 0 Å². The lowest BCUT2D eigenvalue weighted by molar-refractivity contribution is -0.156. The second kappa shape index (κ2) is 3.70. The number of hydrogen-bond donors (Lipinski definition) is 2. The van der Waals surface area contributed by atoms with Gasteiger partial charge in [0.25, 0.3) is 0 Å². The van der Waals surface area contributed by atoms with Crippen LogP contribution in [0.5, 0.6) is 0 Å². The molecule has 0 aliphatic carbocycles. The Kier molecular flexibility index (Phi) is 3.12. The first-order valence-corrected chi connectivity index (χ1v) is 5.75. The number of carbonyl (C=O) groups is 1. The summed E-state index contributed by atoms with van der Waals surface area (Å²) in [6.07, 6.45) is 0. The van der Waals surface area contributed by atoms with Crippen molar-refractivity contribution in [2.75, 3.05) is 13.1 Å². The van der Waals surface area contributed by atoms with Gasteiger partial charge in [0.1, 0.15) is 5.54 Å². The number of hydrogen-bond acceptors (Lipinski definition) is 3. The van der Waals surface area contributed by atoms with E-state index in [1.807, 2.05) is 0 Å². The zero-order chi connectivity index (χ0) is 12.8. The predicted molar refractivity (Wildman–Crippen MR) is 64.6 cm³/mol. The number of rotatable bonds is 2. The molecule has 1 aliphatic rings. The van der Waals surface area contributed by atoms with E-state index in [-0.39, 0.29) is 11.1 Å². The van der Waals surface area contributed by atoms with Crippen molar-refractivity contribution in [3.8, 4) is 0 Å². The fourth-order valence-electron chi connectivity index (χ4n) is 2.29. The van der Waals surface area contributed by atoms with Crippen molar-refractivity contribution in [1.82, 2.24) is 10.2 Å². The van der Waals surface area contributed by atoms with Crippen LogP contribution in [0.4, 0.5) is 0 Å². The van der Waals surface area contributed by atoms with E-state index in [0.717, 1.165) is 13.1 Å². The number of carboxylic acid groups (broad SMARTS) is 1. The Morgan fingerprint density at radius 2 is 1.81 bits per heavy atom. The van der Waals surface area contributed by atoms with E-state index in [1.165, 1.54) is 0 Å². The minimum absolute atomic E-state index is 0.0394. The molecule has 1 saturated heterocycles. The fourth-order valence-corrected chi connectivity index (χ4v) is 2.29. The Morgan fingerprint density at radius 1 is 1.31 bits per heavy atom. The van der Waals surface area contributed by atoms with Crippen LogP contribution in [-0.2, 0) is 4.79 Å². The number of nitrogens with one attached hydrogen (secondary N) is 1. The third-order valence-electron chi connectivity index (χ3n) is 3.48. The van der Waals surface area contributed by atoms with E-state index in [9.17, 15) is 9.90 Å². The Hall–Kier alpha value is -0.610. The minimum atomic E-state index is -0.830. The van der Waals surface area contributed by atoms with E-state index < -0.39 is 11.5 Å². The van der Waals surface area contributed by atoms with Crippen LogP contribution >= 0.6 is 0 Å². The second-order valence-corrected chi connectivity index (χ2v) is 6.50. The van der Waals surface area contributed by atoms with Gasteiger partial charge in [0.2, 0.25) is 0 Å². The first-order valence-electron chi connectivity index (χ1n) is 5.75. The van der Waals surface area contributed by atoms with Gasteiger partial charge in [0.15, 0.2) is 0 Å². The van der Waals surface area contributed by atoms with Gasteiger partial charge in [-0.1, -0.05) is 0 Å². The molecule has 0 amide bonds. The lowest BCUT2D eigenvalue weighted by atomic mass is 9.86. The molecule has 0 aromatic rings. The monoisotopic (exact) mass is 232 g/mol. The molecule has 0 unspecified atom stereocenters. The van der Waals surface area contributed by atoms with Crippen molar-refractivity contribution in [2.45, 2.75) is 58.2 Å². The van der Waals surface area contributed by atoms with Crippen LogP contribution in [0.1, 0.15) is 41.5 Å².